The van der Waals surface area contributed by atoms with Crippen molar-refractivity contribution in [3.8, 4) is 0 Å². The Labute approximate surface area is 115 Å². The number of ether oxygens (including phenoxy) is 1. The molecule has 0 aromatic heterocycles. The van der Waals surface area contributed by atoms with E-state index in [-0.39, 0.29) is 12.4 Å². The van der Waals surface area contributed by atoms with Gasteiger partial charge in [-0.05, 0) is 13.3 Å². The molecule has 0 spiro atoms. The van der Waals surface area contributed by atoms with Gasteiger partial charge in [-0.3, -0.25) is 4.79 Å². The van der Waals surface area contributed by atoms with Gasteiger partial charge in [0.25, 0.3) is 0 Å². The molecule has 8 nitrogen and oxygen atoms in total. The fraction of sp³-hybridized carbons (Fsp3) is 0.778. The predicted molar refractivity (Wildman–Crippen MR) is 68.9 cm³/mol. The van der Waals surface area contributed by atoms with Crippen molar-refractivity contribution in [3.63, 3.8) is 0 Å². The molecule has 1 heterocycles. The molecule has 110 valence electrons. The second kappa shape index (κ2) is 6.44. The molecule has 0 radical (unpaired) electrons. The maximum atomic E-state index is 12.0. The van der Waals surface area contributed by atoms with E-state index in [1.54, 1.807) is 11.6 Å². The van der Waals surface area contributed by atoms with Gasteiger partial charge in [0.2, 0.25) is 0 Å². The normalized spacial score (nSPS) is 24.1. The summed E-state index contributed by atoms with van der Waals surface area (Å²) in [4.78, 5) is 22.3. The lowest BCUT2D eigenvalue weighted by Gasteiger charge is -2.25. The minimum absolute atomic E-state index is 0.0235. The Morgan fingerprint density at radius 3 is 2.58 bits per heavy atom. The largest absolute Gasteiger partial charge is 0.480 e. The Balaban J connectivity index is 2.94. The Morgan fingerprint density at radius 1 is 1.47 bits per heavy atom. The van der Waals surface area contributed by atoms with E-state index in [4.69, 9.17) is 5.11 Å². The van der Waals surface area contributed by atoms with Crippen molar-refractivity contribution in [2.75, 3.05) is 12.4 Å². The third-order valence-corrected chi connectivity index (χ3v) is 5.51. The molecule has 2 atom stereocenters. The first-order valence-electron chi connectivity index (χ1n) is 5.65. The number of carbonyl (C=O) groups is 2. The van der Waals surface area contributed by atoms with Crippen molar-refractivity contribution >= 4 is 34.0 Å². The number of amides is 1. The van der Waals surface area contributed by atoms with Crippen molar-refractivity contribution in [3.05, 3.63) is 0 Å². The van der Waals surface area contributed by atoms with E-state index in [9.17, 15) is 18.0 Å². The van der Waals surface area contributed by atoms with E-state index >= 15 is 0 Å². The van der Waals surface area contributed by atoms with Crippen LogP contribution in [0.5, 0.6) is 0 Å². The zero-order valence-electron chi connectivity index (χ0n) is 10.5. The molecule has 1 aliphatic heterocycles. The number of thioether (sulfide) groups is 1. The highest BCUT2D eigenvalue weighted by molar-refractivity contribution is 8.01. The fourth-order valence-electron chi connectivity index (χ4n) is 1.67. The number of nitrogens with one attached hydrogen (secondary N) is 1. The monoisotopic (exact) mass is 312 g/mol. The number of carbonyl (C=O) groups excluding carboxylic acids is 1. The number of aliphatic carboxylic acids is 1. The molecule has 1 rings (SSSR count). The van der Waals surface area contributed by atoms with Crippen LogP contribution in [0.1, 0.15) is 20.3 Å². The number of carboxylic acid groups (broad SMARTS) is 1. The molecule has 1 saturated heterocycles. The summed E-state index contributed by atoms with van der Waals surface area (Å²) >= 11 is 1.23. The lowest BCUT2D eigenvalue weighted by molar-refractivity contribution is -0.140. The summed E-state index contributed by atoms with van der Waals surface area (Å²) in [5.74, 6) is -1.09. The van der Waals surface area contributed by atoms with Crippen molar-refractivity contribution < 1.29 is 27.9 Å². The molecule has 1 amide bonds. The summed E-state index contributed by atoms with van der Waals surface area (Å²) in [6.07, 6.45) is -0.670. The van der Waals surface area contributed by atoms with Crippen LogP contribution in [0.4, 0.5) is 4.79 Å². The molecule has 19 heavy (non-hydrogen) atoms. The standard InChI is InChI=1S/C9H16N2O6S2/c1-3-7-11(6(5-18-7)8(12)13)19(15,16)10-9(14)17-4-2/h6-7H,3-5H2,1-2H3,(H,10,14)(H,12,13). The molecule has 10 heteroatoms. The van der Waals surface area contributed by atoms with E-state index in [2.05, 4.69) is 4.74 Å². The van der Waals surface area contributed by atoms with Crippen molar-refractivity contribution in [2.45, 2.75) is 31.7 Å². The number of hydrogen-bond acceptors (Lipinski definition) is 6. The van der Waals surface area contributed by atoms with Crippen LogP contribution in [-0.2, 0) is 19.7 Å². The highest BCUT2D eigenvalue weighted by atomic mass is 32.2. The minimum Gasteiger partial charge on any atom is -0.480 e. The van der Waals surface area contributed by atoms with E-state index < -0.39 is 33.7 Å². The molecule has 0 aromatic rings. The average Bonchev–Trinajstić information content (AvgIpc) is 2.72. The lowest BCUT2D eigenvalue weighted by Crippen LogP contribution is -2.51. The van der Waals surface area contributed by atoms with Gasteiger partial charge in [0.05, 0.1) is 12.0 Å². The number of carboxylic acids is 1. The third-order valence-electron chi connectivity index (χ3n) is 2.44. The van der Waals surface area contributed by atoms with E-state index in [0.717, 1.165) is 4.31 Å². The van der Waals surface area contributed by atoms with Gasteiger partial charge in [0, 0.05) is 5.75 Å². The minimum atomic E-state index is -4.23. The van der Waals surface area contributed by atoms with Crippen LogP contribution in [0.2, 0.25) is 0 Å². The molecule has 0 saturated carbocycles. The van der Waals surface area contributed by atoms with Crippen molar-refractivity contribution in [1.29, 1.82) is 0 Å². The molecule has 2 unspecified atom stereocenters. The Bertz CT molecular complexity index is 452. The summed E-state index contributed by atoms with van der Waals surface area (Å²) in [6.45, 7) is 3.30. The highest BCUT2D eigenvalue weighted by Gasteiger charge is 2.45. The van der Waals surface area contributed by atoms with Crippen molar-refractivity contribution in [1.82, 2.24) is 9.03 Å². The summed E-state index contributed by atoms with van der Waals surface area (Å²) in [5.41, 5.74) is 0. The predicted octanol–water partition coefficient (Wildman–Crippen LogP) is 0.215. The molecule has 0 bridgehead atoms. The highest BCUT2D eigenvalue weighted by Crippen LogP contribution is 2.33. The van der Waals surface area contributed by atoms with E-state index in [1.165, 1.54) is 18.7 Å². The number of nitrogens with zero attached hydrogens (tertiary/aromatic N) is 1. The van der Waals surface area contributed by atoms with Crippen LogP contribution >= 0.6 is 11.8 Å². The molecule has 1 aliphatic rings. The summed E-state index contributed by atoms with van der Waals surface area (Å²) in [5, 5.41) is 8.53. The Hall–Kier alpha value is -1.00. The van der Waals surface area contributed by atoms with Gasteiger partial charge in [-0.2, -0.15) is 12.7 Å². The molecule has 0 aliphatic carbocycles. The first-order chi connectivity index (χ1) is 8.83. The SMILES string of the molecule is CCOC(=O)NS(=O)(=O)N1C(CC)SCC1C(=O)O. The summed E-state index contributed by atoms with van der Waals surface area (Å²) < 4.78 is 31.1. The molecule has 0 aromatic carbocycles. The van der Waals surface area contributed by atoms with Gasteiger partial charge >= 0.3 is 22.3 Å². The summed E-state index contributed by atoms with van der Waals surface area (Å²) in [7, 11) is -4.23. The molecule has 1 fully saturated rings. The van der Waals surface area contributed by atoms with Gasteiger partial charge in [-0.15, -0.1) is 11.8 Å². The second-order valence-electron chi connectivity index (χ2n) is 3.71. The zero-order chi connectivity index (χ0) is 14.6. The maximum absolute atomic E-state index is 12.0. The van der Waals surface area contributed by atoms with Gasteiger partial charge in [0.1, 0.15) is 6.04 Å². The van der Waals surface area contributed by atoms with Gasteiger partial charge in [0.15, 0.2) is 0 Å². The van der Waals surface area contributed by atoms with Crippen LogP contribution in [-0.4, -0.2) is 53.7 Å². The fourth-order valence-corrected chi connectivity index (χ4v) is 4.86. The van der Waals surface area contributed by atoms with Gasteiger partial charge in [-0.1, -0.05) is 6.92 Å². The van der Waals surface area contributed by atoms with Crippen LogP contribution in [0.15, 0.2) is 0 Å². The topological polar surface area (TPSA) is 113 Å². The maximum Gasteiger partial charge on any atom is 0.421 e. The van der Waals surface area contributed by atoms with Gasteiger partial charge < -0.3 is 9.84 Å². The quantitative estimate of drug-likeness (QED) is 0.746. The zero-order valence-corrected chi connectivity index (χ0v) is 12.2. The Kier molecular flexibility index (Phi) is 5.44. The number of hydrogen-bond donors (Lipinski definition) is 2. The molecule has 2 N–H and O–H groups in total. The Morgan fingerprint density at radius 2 is 2.11 bits per heavy atom. The summed E-state index contributed by atoms with van der Waals surface area (Å²) in [6, 6.07) is -1.18. The van der Waals surface area contributed by atoms with Crippen LogP contribution in [0.3, 0.4) is 0 Å². The molecular formula is C9H16N2O6S2. The van der Waals surface area contributed by atoms with Crippen LogP contribution in [0.25, 0.3) is 0 Å². The van der Waals surface area contributed by atoms with Crippen LogP contribution < -0.4 is 4.72 Å². The third kappa shape index (κ3) is 3.74. The first kappa shape index (κ1) is 16.1. The second-order valence-corrected chi connectivity index (χ2v) is 6.49. The first-order valence-corrected chi connectivity index (χ1v) is 8.14. The van der Waals surface area contributed by atoms with E-state index in [0.29, 0.717) is 6.42 Å². The lowest BCUT2D eigenvalue weighted by atomic mass is 10.3. The van der Waals surface area contributed by atoms with Crippen molar-refractivity contribution in [2.24, 2.45) is 0 Å². The molecular weight excluding hydrogens is 296 g/mol. The van der Waals surface area contributed by atoms with Gasteiger partial charge in [-0.25, -0.2) is 9.52 Å². The average molecular weight is 312 g/mol. The van der Waals surface area contributed by atoms with Crippen LogP contribution in [0, 0.1) is 0 Å². The smallest absolute Gasteiger partial charge is 0.421 e. The van der Waals surface area contributed by atoms with E-state index in [1.807, 2.05) is 0 Å². The number of rotatable bonds is 5.